The molecule has 4 heterocycles. The fourth-order valence-corrected chi connectivity index (χ4v) is 10.2. The van der Waals surface area contributed by atoms with Gasteiger partial charge in [-0.15, -0.1) is 22.7 Å². The standard InChI is InChI=1S/C44H46N4O2S2/c1-43(2,3)29-15-17-33-27(19-29)21-31-35(45)39(51-41(31)47-33)37(49)25-11-7-23(8-12-25)24-9-13-26(14-10-24)38(50)40-36(46)32-22-28-20-30(44(4,5)6)16-18-34(28)48-42(32)52-40/h7-14,21-22,29-30H,15-20,45-46H2,1-6H3. The summed E-state index contributed by atoms with van der Waals surface area (Å²) in [6.45, 7) is 13.8. The van der Waals surface area contributed by atoms with Crippen molar-refractivity contribution in [1.82, 2.24) is 9.97 Å². The zero-order valence-corrected chi connectivity index (χ0v) is 32.5. The summed E-state index contributed by atoms with van der Waals surface area (Å²) < 4.78 is 0. The van der Waals surface area contributed by atoms with Crippen molar-refractivity contribution < 1.29 is 9.59 Å². The summed E-state index contributed by atoms with van der Waals surface area (Å²) >= 11 is 2.78. The molecule has 0 radical (unpaired) electrons. The van der Waals surface area contributed by atoms with Gasteiger partial charge in [0.1, 0.15) is 19.4 Å². The Balaban J connectivity index is 0.993. The number of benzene rings is 2. The Kier molecular flexibility index (Phi) is 8.42. The molecule has 6 nitrogen and oxygen atoms in total. The van der Waals surface area contributed by atoms with Gasteiger partial charge in [-0.05, 0) is 95.6 Å². The van der Waals surface area contributed by atoms with Crippen LogP contribution in [0, 0.1) is 22.7 Å². The largest absolute Gasteiger partial charge is 0.397 e. The number of thiophene rings is 2. The lowest BCUT2D eigenvalue weighted by Gasteiger charge is -2.34. The topological polar surface area (TPSA) is 112 Å². The van der Waals surface area contributed by atoms with Crippen molar-refractivity contribution in [1.29, 1.82) is 0 Å². The molecule has 52 heavy (non-hydrogen) atoms. The summed E-state index contributed by atoms with van der Waals surface area (Å²) in [5.74, 6) is 1.01. The molecule has 8 rings (SSSR count). The quantitative estimate of drug-likeness (QED) is 0.171. The lowest BCUT2D eigenvalue weighted by Crippen LogP contribution is -2.27. The van der Waals surface area contributed by atoms with Gasteiger partial charge in [-0.25, -0.2) is 9.97 Å². The molecule has 266 valence electrons. The first-order chi connectivity index (χ1) is 24.7. The van der Waals surface area contributed by atoms with Gasteiger partial charge in [-0.3, -0.25) is 9.59 Å². The molecular weight excluding hydrogens is 681 g/mol. The maximum Gasteiger partial charge on any atom is 0.205 e. The number of hydrogen-bond acceptors (Lipinski definition) is 8. The van der Waals surface area contributed by atoms with Gasteiger partial charge in [0.15, 0.2) is 0 Å². The molecule has 2 atom stereocenters. The van der Waals surface area contributed by atoms with Gasteiger partial charge in [-0.1, -0.05) is 90.1 Å². The van der Waals surface area contributed by atoms with Crippen LogP contribution in [0.4, 0.5) is 11.4 Å². The van der Waals surface area contributed by atoms with Crippen LogP contribution in [0.25, 0.3) is 31.6 Å². The average molecular weight is 727 g/mol. The molecule has 0 bridgehead atoms. The van der Waals surface area contributed by atoms with Crippen molar-refractivity contribution in [2.45, 2.75) is 80.1 Å². The second-order valence-electron chi connectivity index (χ2n) is 17.0. The summed E-state index contributed by atoms with van der Waals surface area (Å²) in [5, 5.41) is 1.77. The maximum atomic E-state index is 13.7. The summed E-state index contributed by atoms with van der Waals surface area (Å²) in [5.41, 5.74) is 22.6. The number of pyridine rings is 2. The molecule has 2 aromatic carbocycles. The van der Waals surface area contributed by atoms with Crippen LogP contribution in [-0.2, 0) is 25.7 Å². The predicted octanol–water partition coefficient (Wildman–Crippen LogP) is 10.5. The van der Waals surface area contributed by atoms with Crippen LogP contribution in [-0.4, -0.2) is 21.5 Å². The number of rotatable bonds is 5. The van der Waals surface area contributed by atoms with Gasteiger partial charge >= 0.3 is 0 Å². The van der Waals surface area contributed by atoms with E-state index in [0.717, 1.165) is 81.5 Å². The summed E-state index contributed by atoms with van der Waals surface area (Å²) in [6, 6.07) is 19.5. The van der Waals surface area contributed by atoms with Gasteiger partial charge in [0.25, 0.3) is 0 Å². The molecule has 4 aromatic heterocycles. The van der Waals surface area contributed by atoms with Crippen LogP contribution in [0.1, 0.15) is 107 Å². The molecule has 8 heteroatoms. The summed E-state index contributed by atoms with van der Waals surface area (Å²) in [7, 11) is 0. The minimum Gasteiger partial charge on any atom is -0.397 e. The Morgan fingerprint density at radius 2 is 0.981 bits per heavy atom. The minimum absolute atomic E-state index is 0.0937. The van der Waals surface area contributed by atoms with Crippen molar-refractivity contribution in [3.8, 4) is 11.1 Å². The van der Waals surface area contributed by atoms with Crippen LogP contribution in [0.2, 0.25) is 0 Å². The molecule has 2 aliphatic carbocycles. The Bertz CT molecular complexity index is 2220. The fourth-order valence-electron chi connectivity index (χ4n) is 8.09. The van der Waals surface area contributed by atoms with E-state index in [-0.39, 0.29) is 22.4 Å². The molecular formula is C44H46N4O2S2. The second kappa shape index (κ2) is 12.6. The Labute approximate surface area is 313 Å². The van der Waals surface area contributed by atoms with Gasteiger partial charge in [0.2, 0.25) is 11.6 Å². The molecule has 0 saturated carbocycles. The molecule has 2 unspecified atom stereocenters. The van der Waals surface area contributed by atoms with E-state index < -0.39 is 0 Å². The number of aryl methyl sites for hydroxylation is 2. The van der Waals surface area contributed by atoms with Gasteiger partial charge in [-0.2, -0.15) is 0 Å². The fraction of sp³-hybridized carbons (Fsp3) is 0.364. The predicted molar refractivity (Wildman–Crippen MR) is 217 cm³/mol. The summed E-state index contributed by atoms with van der Waals surface area (Å²) in [6.07, 6.45) is 6.17. The van der Waals surface area contributed by atoms with Crippen LogP contribution in [0.5, 0.6) is 0 Å². The zero-order chi connectivity index (χ0) is 36.7. The number of nitrogen functional groups attached to an aromatic ring is 2. The monoisotopic (exact) mass is 726 g/mol. The molecule has 2 aliphatic rings. The number of nitrogens with zero attached hydrogens (tertiary/aromatic N) is 2. The van der Waals surface area contributed by atoms with Crippen LogP contribution >= 0.6 is 22.7 Å². The van der Waals surface area contributed by atoms with Gasteiger partial charge in [0.05, 0.1) is 11.4 Å². The second-order valence-corrected chi connectivity index (χ2v) is 19.0. The van der Waals surface area contributed by atoms with E-state index in [9.17, 15) is 9.59 Å². The lowest BCUT2D eigenvalue weighted by atomic mass is 9.71. The zero-order valence-electron chi connectivity index (χ0n) is 30.9. The number of carbonyl (C=O) groups is 2. The Hall–Kier alpha value is -4.40. The maximum absolute atomic E-state index is 13.7. The van der Waals surface area contributed by atoms with Crippen molar-refractivity contribution in [2.24, 2.45) is 22.7 Å². The first kappa shape index (κ1) is 34.7. The van der Waals surface area contributed by atoms with Crippen molar-refractivity contribution in [2.75, 3.05) is 11.5 Å². The van der Waals surface area contributed by atoms with E-state index in [1.54, 1.807) is 0 Å². The minimum atomic E-state index is -0.0937. The molecule has 0 aliphatic heterocycles. The van der Waals surface area contributed by atoms with E-state index in [1.807, 2.05) is 48.5 Å². The average Bonchev–Trinajstić information content (AvgIpc) is 3.62. The van der Waals surface area contributed by atoms with E-state index in [0.29, 0.717) is 44.1 Å². The number of nitrogens with two attached hydrogens (primary N) is 2. The summed E-state index contributed by atoms with van der Waals surface area (Å²) in [4.78, 5) is 40.1. The number of anilines is 2. The number of ketones is 2. The molecule has 0 spiro atoms. The van der Waals surface area contributed by atoms with E-state index in [2.05, 4.69) is 53.7 Å². The third-order valence-electron chi connectivity index (χ3n) is 11.7. The lowest BCUT2D eigenvalue weighted by molar-refractivity contribution is 0.103. The molecule has 4 N–H and O–H groups in total. The SMILES string of the molecule is CC(C)(C)C1CCc2nc3sc(C(=O)c4ccc(-c5ccc(C(=O)c6sc7nc8c(cc7c6N)CC(C(C)(C)C)CC8)cc5)cc4)c(N)c3cc2C1. The highest BCUT2D eigenvalue weighted by atomic mass is 32.1. The van der Waals surface area contributed by atoms with Crippen LogP contribution in [0.3, 0.4) is 0 Å². The number of hydrogen-bond donors (Lipinski definition) is 2. The highest BCUT2D eigenvalue weighted by Gasteiger charge is 2.32. The Morgan fingerprint density at radius 3 is 1.33 bits per heavy atom. The molecule has 0 amide bonds. The third-order valence-corrected chi connectivity index (χ3v) is 13.9. The molecule has 0 fully saturated rings. The number of fused-ring (bicyclic) bond motifs is 4. The first-order valence-corrected chi connectivity index (χ1v) is 20.0. The van der Waals surface area contributed by atoms with E-state index in [1.165, 1.54) is 33.8 Å². The Morgan fingerprint density at radius 1 is 0.615 bits per heavy atom. The number of carbonyl (C=O) groups excluding carboxylic acids is 2. The molecule has 0 saturated heterocycles. The van der Waals surface area contributed by atoms with Gasteiger partial charge < -0.3 is 11.5 Å². The number of aromatic nitrogens is 2. The van der Waals surface area contributed by atoms with Gasteiger partial charge in [0, 0.05) is 33.3 Å². The highest BCUT2D eigenvalue weighted by Crippen LogP contribution is 2.43. The van der Waals surface area contributed by atoms with Crippen molar-refractivity contribution >= 4 is 66.0 Å². The highest BCUT2D eigenvalue weighted by molar-refractivity contribution is 7.21. The van der Waals surface area contributed by atoms with Crippen molar-refractivity contribution in [3.63, 3.8) is 0 Å². The van der Waals surface area contributed by atoms with Crippen LogP contribution in [0.15, 0.2) is 60.7 Å². The van der Waals surface area contributed by atoms with Crippen LogP contribution < -0.4 is 11.5 Å². The molecule has 6 aromatic rings. The van der Waals surface area contributed by atoms with E-state index >= 15 is 0 Å². The van der Waals surface area contributed by atoms with Crippen molar-refractivity contribution in [3.05, 3.63) is 104 Å². The van der Waals surface area contributed by atoms with E-state index in [4.69, 9.17) is 21.4 Å². The normalized spacial score (nSPS) is 17.7. The smallest absolute Gasteiger partial charge is 0.205 e. The third kappa shape index (κ3) is 6.13. The first-order valence-electron chi connectivity index (χ1n) is 18.4.